The van der Waals surface area contributed by atoms with Crippen molar-refractivity contribution in [3.63, 3.8) is 0 Å². The molecule has 114 valence electrons. The van der Waals surface area contributed by atoms with Crippen LogP contribution in [0, 0.1) is 11.8 Å². The molecule has 2 amide bonds. The number of fused-ring (bicyclic) bond motifs is 1. The van der Waals surface area contributed by atoms with Gasteiger partial charge in [0.15, 0.2) is 0 Å². The minimum Gasteiger partial charge on any atom is -0.480 e. The van der Waals surface area contributed by atoms with Gasteiger partial charge in [0, 0.05) is 19.1 Å². The minimum atomic E-state index is -0.931. The van der Waals surface area contributed by atoms with Crippen molar-refractivity contribution >= 4 is 12.0 Å². The third-order valence-corrected chi connectivity index (χ3v) is 4.42. The maximum Gasteiger partial charge on any atom is 0.323 e. The number of hydrogen-bond donors (Lipinski definition) is 1. The lowest BCUT2D eigenvalue weighted by molar-refractivity contribution is -0.137. The van der Waals surface area contributed by atoms with Crippen molar-refractivity contribution in [2.75, 3.05) is 19.6 Å². The van der Waals surface area contributed by atoms with Gasteiger partial charge in [-0.3, -0.25) is 4.79 Å². The van der Waals surface area contributed by atoms with E-state index in [1.807, 2.05) is 18.7 Å². The van der Waals surface area contributed by atoms with Crippen LogP contribution in [0.3, 0.4) is 0 Å². The van der Waals surface area contributed by atoms with Crippen LogP contribution < -0.4 is 0 Å². The van der Waals surface area contributed by atoms with Gasteiger partial charge in [-0.25, -0.2) is 4.79 Å². The Hall–Kier alpha value is -1.26. The molecule has 0 aromatic rings. The molecule has 2 atom stereocenters. The van der Waals surface area contributed by atoms with Crippen LogP contribution in [-0.4, -0.2) is 52.6 Å². The van der Waals surface area contributed by atoms with Crippen LogP contribution in [0.4, 0.5) is 4.79 Å². The summed E-state index contributed by atoms with van der Waals surface area (Å²) in [5, 5.41) is 9.02. The quantitative estimate of drug-likeness (QED) is 0.861. The highest BCUT2D eigenvalue weighted by molar-refractivity contribution is 5.80. The number of piperidine rings is 1. The number of amides is 2. The maximum atomic E-state index is 12.7. The van der Waals surface area contributed by atoms with Crippen molar-refractivity contribution < 1.29 is 14.7 Å². The maximum absolute atomic E-state index is 12.7. The van der Waals surface area contributed by atoms with E-state index in [9.17, 15) is 9.59 Å². The Labute approximate surface area is 120 Å². The van der Waals surface area contributed by atoms with E-state index < -0.39 is 5.97 Å². The van der Waals surface area contributed by atoms with Gasteiger partial charge in [0.2, 0.25) is 0 Å². The number of hydrogen-bond acceptors (Lipinski definition) is 2. The van der Waals surface area contributed by atoms with Gasteiger partial charge in [0.05, 0.1) is 0 Å². The van der Waals surface area contributed by atoms with E-state index in [2.05, 4.69) is 0 Å². The molecule has 1 N–H and O–H groups in total. The molecule has 0 spiro atoms. The lowest BCUT2D eigenvalue weighted by Gasteiger charge is -2.40. The molecule has 1 saturated carbocycles. The zero-order chi connectivity index (χ0) is 14.7. The summed E-state index contributed by atoms with van der Waals surface area (Å²) in [6, 6.07) is 0.275. The van der Waals surface area contributed by atoms with E-state index in [0.29, 0.717) is 18.5 Å². The van der Waals surface area contributed by atoms with Crippen LogP contribution >= 0.6 is 0 Å². The zero-order valence-electron chi connectivity index (χ0n) is 12.5. The molecule has 2 fully saturated rings. The first-order valence-electron chi connectivity index (χ1n) is 7.76. The predicted octanol–water partition coefficient (Wildman–Crippen LogP) is 2.41. The molecule has 5 nitrogen and oxygen atoms in total. The molecular weight excluding hydrogens is 256 g/mol. The fraction of sp³-hybridized carbons (Fsp3) is 0.867. The van der Waals surface area contributed by atoms with E-state index in [1.54, 1.807) is 0 Å². The van der Waals surface area contributed by atoms with Crippen molar-refractivity contribution in [2.45, 2.75) is 52.0 Å². The molecule has 0 aromatic heterocycles. The van der Waals surface area contributed by atoms with Crippen molar-refractivity contribution in [1.82, 2.24) is 9.80 Å². The standard InChI is InChI=1S/C15H26N2O3/c1-11(2)9-16(10-14(18)19)15(20)17-8-4-6-12-5-3-7-13(12)17/h11-13H,3-10H2,1-2H3,(H,18,19). The van der Waals surface area contributed by atoms with Gasteiger partial charge in [-0.1, -0.05) is 20.3 Å². The van der Waals surface area contributed by atoms with Gasteiger partial charge in [-0.2, -0.15) is 0 Å². The number of carboxylic acids is 1. The molecule has 2 rings (SSSR count). The topological polar surface area (TPSA) is 60.9 Å². The number of aliphatic carboxylic acids is 1. The molecule has 2 aliphatic rings. The van der Waals surface area contributed by atoms with E-state index in [0.717, 1.165) is 19.4 Å². The Kier molecular flexibility index (Phi) is 4.89. The Morgan fingerprint density at radius 2 is 1.95 bits per heavy atom. The number of urea groups is 1. The number of carboxylic acid groups (broad SMARTS) is 1. The van der Waals surface area contributed by atoms with Crippen LogP contribution in [0.5, 0.6) is 0 Å². The molecule has 1 aliphatic carbocycles. The average Bonchev–Trinajstić information content (AvgIpc) is 2.83. The number of rotatable bonds is 4. The number of carbonyl (C=O) groups is 2. The van der Waals surface area contributed by atoms with Crippen LogP contribution in [0.25, 0.3) is 0 Å². The second-order valence-electron chi connectivity index (χ2n) is 6.54. The number of nitrogens with zero attached hydrogens (tertiary/aromatic N) is 2. The Balaban J connectivity index is 2.07. The Bertz CT molecular complexity index is 370. The Morgan fingerprint density at radius 3 is 2.60 bits per heavy atom. The van der Waals surface area contributed by atoms with Crippen molar-refractivity contribution in [3.05, 3.63) is 0 Å². The highest BCUT2D eigenvalue weighted by Gasteiger charge is 2.39. The van der Waals surface area contributed by atoms with Crippen LogP contribution in [0.2, 0.25) is 0 Å². The predicted molar refractivity (Wildman–Crippen MR) is 76.5 cm³/mol. The van der Waals surface area contributed by atoms with Crippen molar-refractivity contribution in [2.24, 2.45) is 11.8 Å². The summed E-state index contributed by atoms with van der Waals surface area (Å²) in [6.45, 7) is 5.13. The molecule has 5 heteroatoms. The van der Waals surface area contributed by atoms with Gasteiger partial charge in [0.1, 0.15) is 6.54 Å². The molecule has 20 heavy (non-hydrogen) atoms. The Morgan fingerprint density at radius 1 is 1.25 bits per heavy atom. The molecule has 2 unspecified atom stereocenters. The van der Waals surface area contributed by atoms with Gasteiger partial charge in [-0.15, -0.1) is 0 Å². The van der Waals surface area contributed by atoms with E-state index in [1.165, 1.54) is 24.2 Å². The van der Waals surface area contributed by atoms with E-state index in [-0.39, 0.29) is 18.5 Å². The van der Waals surface area contributed by atoms with Crippen LogP contribution in [0.15, 0.2) is 0 Å². The first-order chi connectivity index (χ1) is 9.49. The van der Waals surface area contributed by atoms with Crippen LogP contribution in [-0.2, 0) is 4.79 Å². The summed E-state index contributed by atoms with van der Waals surface area (Å²) in [6.07, 6.45) is 5.77. The first-order valence-corrected chi connectivity index (χ1v) is 7.76. The highest BCUT2D eigenvalue weighted by Crippen LogP contribution is 2.37. The van der Waals surface area contributed by atoms with Gasteiger partial charge in [-0.05, 0) is 37.5 Å². The first kappa shape index (κ1) is 15.1. The minimum absolute atomic E-state index is 0.0716. The summed E-state index contributed by atoms with van der Waals surface area (Å²) < 4.78 is 0. The lowest BCUT2D eigenvalue weighted by Crippen LogP contribution is -2.53. The summed E-state index contributed by atoms with van der Waals surface area (Å²) in [4.78, 5) is 27.2. The third-order valence-electron chi connectivity index (χ3n) is 4.42. The third kappa shape index (κ3) is 3.44. The van der Waals surface area contributed by atoms with Gasteiger partial charge < -0.3 is 14.9 Å². The summed E-state index contributed by atoms with van der Waals surface area (Å²) in [5.74, 6) is -0.0140. The summed E-state index contributed by atoms with van der Waals surface area (Å²) in [7, 11) is 0. The largest absolute Gasteiger partial charge is 0.480 e. The average molecular weight is 282 g/mol. The van der Waals surface area contributed by atoms with Crippen molar-refractivity contribution in [3.8, 4) is 0 Å². The monoisotopic (exact) mass is 282 g/mol. The smallest absolute Gasteiger partial charge is 0.323 e. The summed E-state index contributed by atoms with van der Waals surface area (Å²) >= 11 is 0. The zero-order valence-corrected chi connectivity index (χ0v) is 12.5. The van der Waals surface area contributed by atoms with E-state index in [4.69, 9.17) is 5.11 Å². The highest BCUT2D eigenvalue weighted by atomic mass is 16.4. The number of carbonyl (C=O) groups excluding carboxylic acids is 1. The molecule has 0 radical (unpaired) electrons. The second kappa shape index (κ2) is 6.46. The van der Waals surface area contributed by atoms with Crippen molar-refractivity contribution in [1.29, 1.82) is 0 Å². The second-order valence-corrected chi connectivity index (χ2v) is 6.54. The SMILES string of the molecule is CC(C)CN(CC(=O)O)C(=O)N1CCCC2CCCC21. The van der Waals surface area contributed by atoms with Crippen LogP contribution in [0.1, 0.15) is 46.0 Å². The lowest BCUT2D eigenvalue weighted by atomic mass is 9.92. The fourth-order valence-corrected chi connectivity index (χ4v) is 3.69. The molecule has 0 bridgehead atoms. The molecule has 1 aliphatic heterocycles. The molecule has 0 aromatic carbocycles. The number of likely N-dealkylation sites (tertiary alicyclic amines) is 1. The van der Waals surface area contributed by atoms with Gasteiger partial charge >= 0.3 is 12.0 Å². The fourth-order valence-electron chi connectivity index (χ4n) is 3.69. The molecular formula is C15H26N2O3. The normalized spacial score (nSPS) is 25.6. The summed E-state index contributed by atoms with van der Waals surface area (Å²) in [5.41, 5.74) is 0. The molecule has 1 saturated heterocycles. The van der Waals surface area contributed by atoms with Gasteiger partial charge in [0.25, 0.3) is 0 Å². The van der Waals surface area contributed by atoms with E-state index >= 15 is 0 Å². The molecule has 1 heterocycles.